The monoisotopic (exact) mass is 335 g/mol. The fourth-order valence-corrected chi connectivity index (χ4v) is 4.71. The highest BCUT2D eigenvalue weighted by molar-refractivity contribution is 7.89. The van der Waals surface area contributed by atoms with Gasteiger partial charge in [-0.25, -0.2) is 8.42 Å². The lowest BCUT2D eigenvalue weighted by atomic mass is 10.2. The maximum Gasteiger partial charge on any atom is 0.243 e. The minimum Gasteiger partial charge on any atom is -0.490 e. The summed E-state index contributed by atoms with van der Waals surface area (Å²) in [6.45, 7) is 3.04. The molecule has 7 nitrogen and oxygen atoms in total. The summed E-state index contributed by atoms with van der Waals surface area (Å²) in [6.07, 6.45) is 0.812. The Kier molecular flexibility index (Phi) is 3.31. The fraction of sp³-hybridized carbons (Fsp3) is 0.400. The van der Waals surface area contributed by atoms with Gasteiger partial charge in [-0.05, 0) is 29.3 Å². The molecule has 23 heavy (non-hydrogen) atoms. The highest BCUT2D eigenvalue weighted by Gasteiger charge is 2.36. The van der Waals surface area contributed by atoms with Gasteiger partial charge in [0.2, 0.25) is 16.4 Å². The Morgan fingerprint density at radius 3 is 2.57 bits per heavy atom. The number of hydrogen-bond acceptors (Lipinski definition) is 5. The number of benzene rings is 1. The van der Waals surface area contributed by atoms with Crippen LogP contribution in [0.1, 0.15) is 0 Å². The van der Waals surface area contributed by atoms with Crippen LogP contribution in [0, 0.1) is 0 Å². The van der Waals surface area contributed by atoms with E-state index >= 15 is 0 Å². The largest absolute Gasteiger partial charge is 0.490 e. The average Bonchev–Trinajstić information content (AvgIpc) is 3.13. The molecule has 0 fully saturated rings. The summed E-state index contributed by atoms with van der Waals surface area (Å²) >= 11 is 0. The molecule has 0 spiro atoms. The minimum absolute atomic E-state index is 0.266. The lowest BCUT2D eigenvalue weighted by molar-refractivity contribution is -0.117. The van der Waals surface area contributed by atoms with Gasteiger partial charge in [0.25, 0.3) is 0 Å². The Balaban J connectivity index is 1.57. The summed E-state index contributed by atoms with van der Waals surface area (Å²) in [7, 11) is -3.55. The van der Waals surface area contributed by atoms with Gasteiger partial charge in [0, 0.05) is 32.7 Å². The molecule has 1 aromatic rings. The summed E-state index contributed by atoms with van der Waals surface area (Å²) in [4.78, 5) is 12.8. The highest BCUT2D eigenvalue weighted by Crippen LogP contribution is 2.33. The van der Waals surface area contributed by atoms with Crippen molar-refractivity contribution in [2.24, 2.45) is 0 Å². The van der Waals surface area contributed by atoms with Crippen LogP contribution in [0.25, 0.3) is 0 Å². The van der Waals surface area contributed by atoms with E-state index in [0.717, 1.165) is 17.6 Å². The molecule has 3 aliphatic heterocycles. The van der Waals surface area contributed by atoms with Gasteiger partial charge in [-0.15, -0.1) is 0 Å². The second-order valence-electron chi connectivity index (χ2n) is 5.92. The smallest absolute Gasteiger partial charge is 0.243 e. The quantitative estimate of drug-likeness (QED) is 0.633. The van der Waals surface area contributed by atoms with Crippen LogP contribution >= 0.6 is 0 Å². The number of nitrogens with zero attached hydrogens (tertiary/aromatic N) is 2. The summed E-state index contributed by atoms with van der Waals surface area (Å²) in [5, 5.41) is 3.16. The molecular formula is C15H17N3O4S. The maximum absolute atomic E-state index is 12.8. The molecule has 0 unspecified atom stereocenters. The number of ether oxygens (including phenoxy) is 1. The first-order valence-corrected chi connectivity index (χ1v) is 8.92. The Hall–Kier alpha value is -2.06. The lowest BCUT2D eigenvalue weighted by Crippen LogP contribution is -2.33. The predicted molar refractivity (Wildman–Crippen MR) is 83.8 cm³/mol. The summed E-state index contributed by atoms with van der Waals surface area (Å²) in [6, 6.07) is 4.91. The van der Waals surface area contributed by atoms with Crippen molar-refractivity contribution < 1.29 is 17.9 Å². The number of sulfonamides is 1. The number of hydrogen-bond donors (Lipinski definition) is 1. The molecule has 8 heteroatoms. The van der Waals surface area contributed by atoms with Crippen LogP contribution in [0.5, 0.6) is 5.75 Å². The molecule has 3 aliphatic rings. The standard InChI is InChI=1S/C15H17N3O4S/c19-10-17-6-11-8-18(9-12(11)7-17)23(20,21)13-1-2-15-14(5-13)16-3-4-22-15/h1-2,5,10,16H,3-4,6-9H2. The molecule has 0 bridgehead atoms. The second kappa shape index (κ2) is 5.24. The topological polar surface area (TPSA) is 79.0 Å². The van der Waals surface area contributed by atoms with E-state index in [2.05, 4.69) is 5.32 Å². The Bertz CT molecular complexity index is 785. The van der Waals surface area contributed by atoms with Gasteiger partial charge in [0.05, 0.1) is 10.6 Å². The van der Waals surface area contributed by atoms with Crippen molar-refractivity contribution in [1.82, 2.24) is 9.21 Å². The van der Waals surface area contributed by atoms with Crippen LogP contribution in [-0.4, -0.2) is 63.4 Å². The van der Waals surface area contributed by atoms with E-state index < -0.39 is 10.0 Å². The van der Waals surface area contributed by atoms with Crippen molar-refractivity contribution in [3.8, 4) is 5.75 Å². The van der Waals surface area contributed by atoms with Crippen LogP contribution in [0.3, 0.4) is 0 Å². The van der Waals surface area contributed by atoms with Gasteiger partial charge in [-0.1, -0.05) is 0 Å². The van der Waals surface area contributed by atoms with E-state index in [9.17, 15) is 13.2 Å². The van der Waals surface area contributed by atoms with E-state index in [4.69, 9.17) is 4.74 Å². The third-order valence-corrected chi connectivity index (χ3v) is 6.22. The molecule has 122 valence electrons. The van der Waals surface area contributed by atoms with E-state index in [-0.39, 0.29) is 4.90 Å². The number of amides is 1. The van der Waals surface area contributed by atoms with Gasteiger partial charge in [0.1, 0.15) is 12.4 Å². The molecule has 1 N–H and O–H groups in total. The van der Waals surface area contributed by atoms with Crippen molar-refractivity contribution in [2.75, 3.05) is 44.6 Å². The molecule has 0 radical (unpaired) electrons. The van der Waals surface area contributed by atoms with Crippen molar-refractivity contribution in [3.05, 3.63) is 29.3 Å². The summed E-state index contributed by atoms with van der Waals surface area (Å²) in [5.41, 5.74) is 2.80. The molecule has 0 aliphatic carbocycles. The van der Waals surface area contributed by atoms with Crippen molar-refractivity contribution in [1.29, 1.82) is 0 Å². The minimum atomic E-state index is -3.55. The fourth-order valence-electron chi connectivity index (χ4n) is 3.25. The average molecular weight is 335 g/mol. The first kappa shape index (κ1) is 14.5. The zero-order chi connectivity index (χ0) is 16.0. The lowest BCUT2D eigenvalue weighted by Gasteiger charge is -2.23. The highest BCUT2D eigenvalue weighted by atomic mass is 32.2. The Morgan fingerprint density at radius 1 is 1.13 bits per heavy atom. The van der Waals surface area contributed by atoms with E-state index in [1.165, 1.54) is 4.31 Å². The van der Waals surface area contributed by atoms with E-state index in [1.807, 2.05) is 0 Å². The normalized spacial score (nSPS) is 20.8. The number of anilines is 1. The zero-order valence-corrected chi connectivity index (χ0v) is 13.3. The molecule has 4 rings (SSSR count). The van der Waals surface area contributed by atoms with Crippen molar-refractivity contribution in [2.45, 2.75) is 4.90 Å². The third kappa shape index (κ3) is 2.38. The van der Waals surface area contributed by atoms with Crippen molar-refractivity contribution in [3.63, 3.8) is 0 Å². The maximum atomic E-state index is 12.8. The predicted octanol–water partition coefficient (Wildman–Crippen LogP) is 0.264. The number of carbonyl (C=O) groups is 1. The molecule has 0 saturated heterocycles. The van der Waals surface area contributed by atoms with Gasteiger partial charge >= 0.3 is 0 Å². The number of fused-ring (bicyclic) bond motifs is 1. The molecule has 0 saturated carbocycles. The van der Waals surface area contributed by atoms with Gasteiger partial charge in [-0.2, -0.15) is 4.31 Å². The molecule has 0 atom stereocenters. The van der Waals surface area contributed by atoms with Crippen LogP contribution < -0.4 is 10.1 Å². The SMILES string of the molecule is O=CN1CC2=C(C1)CN(S(=O)(=O)c1ccc3c(c1)NCCO3)C2. The number of carbonyl (C=O) groups excluding carboxylic acids is 1. The van der Waals surface area contributed by atoms with Crippen LogP contribution in [0.2, 0.25) is 0 Å². The molecule has 1 aromatic carbocycles. The van der Waals surface area contributed by atoms with Crippen LogP contribution in [-0.2, 0) is 14.8 Å². The van der Waals surface area contributed by atoms with E-state index in [0.29, 0.717) is 50.8 Å². The number of rotatable bonds is 3. The molecule has 3 heterocycles. The Labute approximate surface area is 134 Å². The first-order chi connectivity index (χ1) is 11.1. The van der Waals surface area contributed by atoms with Crippen LogP contribution in [0.15, 0.2) is 34.2 Å². The Morgan fingerprint density at radius 2 is 1.87 bits per heavy atom. The van der Waals surface area contributed by atoms with Crippen molar-refractivity contribution >= 4 is 22.1 Å². The van der Waals surface area contributed by atoms with Gasteiger partial charge < -0.3 is 15.0 Å². The third-order valence-electron chi connectivity index (χ3n) is 4.44. The first-order valence-electron chi connectivity index (χ1n) is 7.48. The van der Waals surface area contributed by atoms with Gasteiger partial charge in [0.15, 0.2) is 0 Å². The molecule has 0 aromatic heterocycles. The van der Waals surface area contributed by atoms with Gasteiger partial charge in [-0.3, -0.25) is 4.79 Å². The summed E-state index contributed by atoms with van der Waals surface area (Å²) < 4.78 is 32.7. The number of nitrogens with one attached hydrogen (secondary N) is 1. The summed E-state index contributed by atoms with van der Waals surface area (Å²) in [5.74, 6) is 0.680. The molecule has 1 amide bonds. The van der Waals surface area contributed by atoms with Crippen LogP contribution in [0.4, 0.5) is 5.69 Å². The zero-order valence-electron chi connectivity index (χ0n) is 12.5. The van der Waals surface area contributed by atoms with E-state index in [1.54, 1.807) is 23.1 Å². The molecular weight excluding hydrogens is 318 g/mol. The second-order valence-corrected chi connectivity index (χ2v) is 7.86.